The molecule has 0 aromatic heterocycles. The molecule has 4 heteroatoms. The zero-order chi connectivity index (χ0) is 17.6. The van der Waals surface area contributed by atoms with Crippen molar-refractivity contribution in [2.75, 3.05) is 11.6 Å². The summed E-state index contributed by atoms with van der Waals surface area (Å²) in [6.07, 6.45) is 2.05. The SMILES string of the molecule is CCC(Oc1cccc2ccccc12)C(=O)Nc1ccccc1SC. The van der Waals surface area contributed by atoms with Crippen molar-refractivity contribution in [1.82, 2.24) is 0 Å². The summed E-state index contributed by atoms with van der Waals surface area (Å²) in [6.45, 7) is 1.95. The second-order valence-electron chi connectivity index (χ2n) is 5.68. The van der Waals surface area contributed by atoms with Crippen LogP contribution in [0.25, 0.3) is 10.8 Å². The van der Waals surface area contributed by atoms with E-state index in [-0.39, 0.29) is 5.91 Å². The Labute approximate surface area is 152 Å². The Morgan fingerprint density at radius 2 is 1.76 bits per heavy atom. The lowest BCUT2D eigenvalue weighted by atomic mass is 10.1. The highest BCUT2D eigenvalue weighted by Gasteiger charge is 2.20. The van der Waals surface area contributed by atoms with Crippen LogP contribution in [0.4, 0.5) is 5.69 Å². The quantitative estimate of drug-likeness (QED) is 0.608. The van der Waals surface area contributed by atoms with Crippen molar-refractivity contribution in [3.05, 3.63) is 66.7 Å². The molecular weight excluding hydrogens is 330 g/mol. The second kappa shape index (κ2) is 8.08. The van der Waals surface area contributed by atoms with Crippen molar-refractivity contribution in [3.8, 4) is 5.75 Å². The number of hydrogen-bond donors (Lipinski definition) is 1. The number of nitrogens with one attached hydrogen (secondary N) is 1. The van der Waals surface area contributed by atoms with Gasteiger partial charge in [0, 0.05) is 10.3 Å². The molecule has 3 aromatic rings. The van der Waals surface area contributed by atoms with Crippen LogP contribution in [-0.2, 0) is 4.79 Å². The predicted molar refractivity (Wildman–Crippen MR) is 106 cm³/mol. The van der Waals surface area contributed by atoms with Gasteiger partial charge in [0.2, 0.25) is 0 Å². The maximum atomic E-state index is 12.7. The van der Waals surface area contributed by atoms with Gasteiger partial charge >= 0.3 is 0 Å². The van der Waals surface area contributed by atoms with Crippen LogP contribution in [0.15, 0.2) is 71.6 Å². The molecule has 0 aliphatic rings. The van der Waals surface area contributed by atoms with Crippen LogP contribution in [-0.4, -0.2) is 18.3 Å². The highest BCUT2D eigenvalue weighted by molar-refractivity contribution is 7.98. The van der Waals surface area contributed by atoms with Gasteiger partial charge in [-0.25, -0.2) is 0 Å². The number of hydrogen-bond acceptors (Lipinski definition) is 3. The Morgan fingerprint density at radius 3 is 2.56 bits per heavy atom. The molecule has 0 aliphatic carbocycles. The number of fused-ring (bicyclic) bond motifs is 1. The van der Waals surface area contributed by atoms with Crippen molar-refractivity contribution in [2.45, 2.75) is 24.3 Å². The molecule has 1 amide bonds. The van der Waals surface area contributed by atoms with Gasteiger partial charge < -0.3 is 10.1 Å². The minimum absolute atomic E-state index is 0.128. The summed E-state index contributed by atoms with van der Waals surface area (Å²) in [5.41, 5.74) is 0.819. The van der Waals surface area contributed by atoms with Crippen LogP contribution in [0, 0.1) is 0 Å². The van der Waals surface area contributed by atoms with Crippen LogP contribution < -0.4 is 10.1 Å². The summed E-state index contributed by atoms with van der Waals surface area (Å²) in [6, 6.07) is 21.7. The summed E-state index contributed by atoms with van der Waals surface area (Å²) in [5, 5.41) is 5.11. The lowest BCUT2D eigenvalue weighted by Crippen LogP contribution is -2.32. The van der Waals surface area contributed by atoms with Crippen LogP contribution >= 0.6 is 11.8 Å². The molecule has 0 heterocycles. The van der Waals surface area contributed by atoms with Gasteiger partial charge in [0.25, 0.3) is 5.91 Å². The Morgan fingerprint density at radius 1 is 1.04 bits per heavy atom. The van der Waals surface area contributed by atoms with E-state index in [0.29, 0.717) is 6.42 Å². The van der Waals surface area contributed by atoms with Gasteiger partial charge in [-0.2, -0.15) is 0 Å². The fourth-order valence-electron chi connectivity index (χ4n) is 2.74. The number of carbonyl (C=O) groups excluding carboxylic acids is 1. The van der Waals surface area contributed by atoms with E-state index in [4.69, 9.17) is 4.74 Å². The first-order valence-corrected chi connectivity index (χ1v) is 9.53. The predicted octanol–water partition coefficient (Wildman–Crippen LogP) is 5.36. The number of anilines is 1. The topological polar surface area (TPSA) is 38.3 Å². The third-order valence-corrected chi connectivity index (χ3v) is 4.84. The number of amides is 1. The fourth-order valence-corrected chi connectivity index (χ4v) is 3.29. The van der Waals surface area contributed by atoms with E-state index in [1.807, 2.05) is 79.9 Å². The molecule has 0 aliphatic heterocycles. The molecule has 0 saturated carbocycles. The van der Waals surface area contributed by atoms with Crippen LogP contribution in [0.2, 0.25) is 0 Å². The summed E-state index contributed by atoms with van der Waals surface area (Å²) in [5.74, 6) is 0.607. The Balaban J connectivity index is 1.81. The van der Waals surface area contributed by atoms with Crippen LogP contribution in [0.3, 0.4) is 0 Å². The second-order valence-corrected chi connectivity index (χ2v) is 6.53. The molecule has 0 fully saturated rings. The van der Waals surface area contributed by atoms with E-state index in [9.17, 15) is 4.79 Å². The molecule has 1 unspecified atom stereocenters. The average Bonchev–Trinajstić information content (AvgIpc) is 2.66. The van der Waals surface area contributed by atoms with E-state index in [1.54, 1.807) is 11.8 Å². The normalized spacial score (nSPS) is 11.9. The summed E-state index contributed by atoms with van der Waals surface area (Å²) >= 11 is 1.61. The van der Waals surface area contributed by atoms with Crippen molar-refractivity contribution in [3.63, 3.8) is 0 Å². The highest BCUT2D eigenvalue weighted by atomic mass is 32.2. The minimum Gasteiger partial charge on any atom is -0.480 e. The average molecular weight is 351 g/mol. The van der Waals surface area contributed by atoms with E-state index in [0.717, 1.165) is 27.1 Å². The zero-order valence-electron chi connectivity index (χ0n) is 14.4. The number of ether oxygens (including phenoxy) is 1. The monoisotopic (exact) mass is 351 g/mol. The van der Waals surface area contributed by atoms with Crippen LogP contribution in [0.5, 0.6) is 5.75 Å². The van der Waals surface area contributed by atoms with Gasteiger partial charge in [-0.15, -0.1) is 11.8 Å². The van der Waals surface area contributed by atoms with Gasteiger partial charge in [0.15, 0.2) is 6.10 Å². The fraction of sp³-hybridized carbons (Fsp3) is 0.190. The number of benzene rings is 3. The lowest BCUT2D eigenvalue weighted by Gasteiger charge is -2.19. The number of rotatable bonds is 6. The van der Waals surface area contributed by atoms with E-state index < -0.39 is 6.10 Å². The van der Waals surface area contributed by atoms with Crippen LogP contribution in [0.1, 0.15) is 13.3 Å². The first kappa shape index (κ1) is 17.4. The smallest absolute Gasteiger partial charge is 0.265 e. The largest absolute Gasteiger partial charge is 0.480 e. The van der Waals surface area contributed by atoms with Crippen molar-refractivity contribution in [2.24, 2.45) is 0 Å². The van der Waals surface area contributed by atoms with E-state index in [1.165, 1.54) is 0 Å². The number of carbonyl (C=O) groups is 1. The van der Waals surface area contributed by atoms with E-state index in [2.05, 4.69) is 5.32 Å². The van der Waals surface area contributed by atoms with Gasteiger partial charge in [0.1, 0.15) is 5.75 Å². The number of para-hydroxylation sites is 1. The molecule has 3 aromatic carbocycles. The summed E-state index contributed by atoms with van der Waals surface area (Å²) in [4.78, 5) is 13.7. The third kappa shape index (κ3) is 3.97. The molecule has 1 atom stereocenters. The first-order chi connectivity index (χ1) is 12.2. The lowest BCUT2D eigenvalue weighted by molar-refractivity contribution is -0.122. The third-order valence-electron chi connectivity index (χ3n) is 4.05. The maximum Gasteiger partial charge on any atom is 0.265 e. The van der Waals surface area contributed by atoms with Gasteiger partial charge in [-0.1, -0.05) is 55.5 Å². The number of thioether (sulfide) groups is 1. The highest BCUT2D eigenvalue weighted by Crippen LogP contribution is 2.28. The van der Waals surface area contributed by atoms with Crippen molar-refractivity contribution < 1.29 is 9.53 Å². The molecule has 0 saturated heterocycles. The zero-order valence-corrected chi connectivity index (χ0v) is 15.2. The maximum absolute atomic E-state index is 12.7. The molecule has 3 nitrogen and oxygen atoms in total. The standard InChI is InChI=1S/C21H21NO2S/c1-3-18(21(23)22-17-12-6-7-14-20(17)25-2)24-19-13-8-10-15-9-4-5-11-16(15)19/h4-14,18H,3H2,1-2H3,(H,22,23). The Kier molecular flexibility index (Phi) is 5.61. The molecule has 0 spiro atoms. The molecule has 3 rings (SSSR count). The minimum atomic E-state index is -0.541. The summed E-state index contributed by atoms with van der Waals surface area (Å²) < 4.78 is 6.07. The molecule has 128 valence electrons. The van der Waals surface area contributed by atoms with Gasteiger partial charge in [-0.3, -0.25) is 4.79 Å². The molecular formula is C21H21NO2S. The Bertz CT molecular complexity index is 873. The van der Waals surface area contributed by atoms with Crippen molar-refractivity contribution in [1.29, 1.82) is 0 Å². The first-order valence-electron chi connectivity index (χ1n) is 8.31. The molecule has 0 radical (unpaired) electrons. The van der Waals surface area contributed by atoms with E-state index >= 15 is 0 Å². The molecule has 0 bridgehead atoms. The summed E-state index contributed by atoms with van der Waals surface area (Å²) in [7, 11) is 0. The van der Waals surface area contributed by atoms with Gasteiger partial charge in [0.05, 0.1) is 5.69 Å². The van der Waals surface area contributed by atoms with Gasteiger partial charge in [-0.05, 0) is 36.3 Å². The Hall–Kier alpha value is -2.46. The molecule has 1 N–H and O–H groups in total. The van der Waals surface area contributed by atoms with Crippen molar-refractivity contribution >= 4 is 34.1 Å². The molecule has 25 heavy (non-hydrogen) atoms.